The van der Waals surface area contributed by atoms with Crippen molar-refractivity contribution in [2.45, 2.75) is 65.1 Å². The molecular weight excluding hydrogens is 492 g/mol. The van der Waals surface area contributed by atoms with E-state index in [-0.39, 0.29) is 36.9 Å². The molecule has 3 rings (SSSR count). The number of hydrogen-bond acceptors (Lipinski definition) is 5. The first kappa shape index (κ1) is 30.2. The minimum Gasteiger partial charge on any atom is -0.445 e. The van der Waals surface area contributed by atoms with Gasteiger partial charge in [-0.15, -0.1) is 0 Å². The van der Waals surface area contributed by atoms with Crippen LogP contribution in [0.5, 0.6) is 0 Å². The Morgan fingerprint density at radius 3 is 2.31 bits per heavy atom. The Morgan fingerprint density at radius 1 is 1.05 bits per heavy atom. The number of nitrogens with one attached hydrogen (secondary N) is 2. The van der Waals surface area contributed by atoms with Gasteiger partial charge in [0.25, 0.3) is 0 Å². The van der Waals surface area contributed by atoms with E-state index in [1.807, 2.05) is 74.2 Å². The number of amides is 3. The topological polar surface area (TPSA) is 91.0 Å². The molecule has 0 radical (unpaired) electrons. The van der Waals surface area contributed by atoms with Crippen LogP contribution in [0.15, 0.2) is 60.7 Å². The second kappa shape index (κ2) is 14.1. The molecule has 0 aromatic heterocycles. The zero-order valence-corrected chi connectivity index (χ0v) is 24.0. The third-order valence-electron chi connectivity index (χ3n) is 7.17. The Morgan fingerprint density at radius 2 is 1.69 bits per heavy atom. The average molecular weight is 537 g/mol. The van der Waals surface area contributed by atoms with Crippen LogP contribution < -0.4 is 10.6 Å². The molecule has 3 atom stereocenters. The lowest BCUT2D eigenvalue weighted by Crippen LogP contribution is -2.58. The summed E-state index contributed by atoms with van der Waals surface area (Å²) >= 11 is 0. The molecule has 39 heavy (non-hydrogen) atoms. The minimum atomic E-state index is -0.666. The molecule has 8 heteroatoms. The number of nitrogens with zero attached hydrogens (tertiary/aromatic N) is 2. The van der Waals surface area contributed by atoms with Gasteiger partial charge in [-0.3, -0.25) is 9.59 Å². The van der Waals surface area contributed by atoms with E-state index in [0.717, 1.165) is 24.0 Å². The largest absolute Gasteiger partial charge is 0.445 e. The Bertz CT molecular complexity index is 1070. The molecule has 212 valence electrons. The van der Waals surface area contributed by atoms with Crippen LogP contribution in [0, 0.1) is 5.41 Å². The molecule has 1 saturated heterocycles. The molecule has 0 saturated carbocycles. The second-order valence-corrected chi connectivity index (χ2v) is 11.5. The van der Waals surface area contributed by atoms with Gasteiger partial charge in [0, 0.05) is 25.7 Å². The van der Waals surface area contributed by atoms with E-state index in [2.05, 4.69) is 29.7 Å². The molecule has 0 bridgehead atoms. The summed E-state index contributed by atoms with van der Waals surface area (Å²) in [5.74, 6) is -0.239. The van der Waals surface area contributed by atoms with Gasteiger partial charge in [-0.05, 0) is 42.3 Å². The lowest BCUT2D eigenvalue weighted by atomic mass is 9.85. The maximum Gasteiger partial charge on any atom is 0.410 e. The van der Waals surface area contributed by atoms with Gasteiger partial charge in [0.1, 0.15) is 12.6 Å². The van der Waals surface area contributed by atoms with Crippen LogP contribution in [0.1, 0.15) is 57.6 Å². The van der Waals surface area contributed by atoms with Crippen molar-refractivity contribution in [2.24, 2.45) is 5.41 Å². The third kappa shape index (κ3) is 8.82. The smallest absolute Gasteiger partial charge is 0.410 e. The highest BCUT2D eigenvalue weighted by Gasteiger charge is 2.40. The predicted molar refractivity (Wildman–Crippen MR) is 153 cm³/mol. The number of hydrogen-bond donors (Lipinski definition) is 2. The van der Waals surface area contributed by atoms with Crippen molar-refractivity contribution in [3.05, 3.63) is 71.8 Å². The molecule has 2 aromatic carbocycles. The standard InChI is InChI=1S/C31H44N4O4/c1-23(25-15-10-7-11-16-25)20-34(30(38)39-22-24-13-8-6-9-14-24)21-26-17-12-18-35(26)29(37)28(31(2,3)4)33-27(36)19-32-5/h6-11,13-16,23,26,28,32H,12,17-22H2,1-5H3,(H,33,36)/t23-,26+,28-/m1/s1. The van der Waals surface area contributed by atoms with E-state index in [9.17, 15) is 14.4 Å². The minimum absolute atomic E-state index is 0.0872. The SMILES string of the molecule is CNCC(=O)N[C@H](C(=O)N1CCC[C@H]1CN(C[C@@H](C)c1ccccc1)C(=O)OCc1ccccc1)C(C)(C)C. The zero-order chi connectivity index (χ0) is 28.4. The van der Waals surface area contributed by atoms with Gasteiger partial charge in [-0.1, -0.05) is 88.4 Å². The van der Waals surface area contributed by atoms with Crippen LogP contribution in [0.4, 0.5) is 4.79 Å². The number of likely N-dealkylation sites (tertiary alicyclic amines) is 1. The third-order valence-corrected chi connectivity index (χ3v) is 7.17. The highest BCUT2D eigenvalue weighted by Crippen LogP contribution is 2.27. The average Bonchev–Trinajstić information content (AvgIpc) is 3.38. The molecule has 0 aliphatic carbocycles. The van der Waals surface area contributed by atoms with E-state index in [0.29, 0.717) is 19.6 Å². The molecule has 1 aliphatic heterocycles. The maximum absolute atomic E-state index is 13.8. The lowest BCUT2D eigenvalue weighted by Gasteiger charge is -2.37. The molecule has 1 fully saturated rings. The molecular formula is C31H44N4O4. The van der Waals surface area contributed by atoms with E-state index in [1.165, 1.54) is 0 Å². The molecule has 1 heterocycles. The van der Waals surface area contributed by atoms with Crippen molar-refractivity contribution in [3.63, 3.8) is 0 Å². The fourth-order valence-corrected chi connectivity index (χ4v) is 5.01. The lowest BCUT2D eigenvalue weighted by molar-refractivity contribution is -0.140. The highest BCUT2D eigenvalue weighted by molar-refractivity contribution is 5.89. The molecule has 2 aromatic rings. The highest BCUT2D eigenvalue weighted by atomic mass is 16.6. The number of carbonyl (C=O) groups is 3. The Kier molecular flexibility index (Phi) is 10.9. The van der Waals surface area contributed by atoms with Gasteiger partial charge in [0.15, 0.2) is 0 Å². The number of ether oxygens (including phenoxy) is 1. The Labute approximate surface area is 233 Å². The zero-order valence-electron chi connectivity index (χ0n) is 24.0. The molecule has 8 nitrogen and oxygen atoms in total. The molecule has 0 unspecified atom stereocenters. The molecule has 0 spiro atoms. The monoisotopic (exact) mass is 536 g/mol. The van der Waals surface area contributed by atoms with Crippen LogP contribution in [0.3, 0.4) is 0 Å². The first-order valence-electron chi connectivity index (χ1n) is 13.8. The fourth-order valence-electron chi connectivity index (χ4n) is 5.01. The van der Waals surface area contributed by atoms with E-state index >= 15 is 0 Å². The summed E-state index contributed by atoms with van der Waals surface area (Å²) in [4.78, 5) is 43.2. The number of carbonyl (C=O) groups excluding carboxylic acids is 3. The number of rotatable bonds is 11. The van der Waals surface area contributed by atoms with Gasteiger partial charge in [-0.2, -0.15) is 0 Å². The summed E-state index contributed by atoms with van der Waals surface area (Å²) in [6, 6.07) is 18.9. The number of likely N-dealkylation sites (N-methyl/N-ethyl adjacent to an activating group) is 1. The van der Waals surface area contributed by atoms with Gasteiger partial charge >= 0.3 is 6.09 Å². The van der Waals surface area contributed by atoms with Crippen molar-refractivity contribution in [2.75, 3.05) is 33.2 Å². The molecule has 1 aliphatic rings. The quantitative estimate of drug-likeness (QED) is 0.450. The first-order valence-corrected chi connectivity index (χ1v) is 13.8. The van der Waals surface area contributed by atoms with Crippen molar-refractivity contribution in [1.82, 2.24) is 20.4 Å². The van der Waals surface area contributed by atoms with Crippen LogP contribution in [0.25, 0.3) is 0 Å². The number of benzene rings is 2. The summed E-state index contributed by atoms with van der Waals surface area (Å²) in [7, 11) is 1.70. The summed E-state index contributed by atoms with van der Waals surface area (Å²) < 4.78 is 5.73. The van der Waals surface area contributed by atoms with Crippen LogP contribution in [-0.2, 0) is 20.9 Å². The van der Waals surface area contributed by atoms with Gasteiger partial charge in [0.05, 0.1) is 6.54 Å². The molecule has 2 N–H and O–H groups in total. The summed E-state index contributed by atoms with van der Waals surface area (Å²) in [5, 5.41) is 5.77. The van der Waals surface area contributed by atoms with Gasteiger partial charge < -0.3 is 25.2 Å². The summed E-state index contributed by atoms with van der Waals surface area (Å²) in [6.45, 7) is 9.72. The Balaban J connectivity index is 1.77. The van der Waals surface area contributed by atoms with Crippen molar-refractivity contribution < 1.29 is 19.1 Å². The second-order valence-electron chi connectivity index (χ2n) is 11.5. The van der Waals surface area contributed by atoms with E-state index in [1.54, 1.807) is 11.9 Å². The van der Waals surface area contributed by atoms with Crippen molar-refractivity contribution in [3.8, 4) is 0 Å². The van der Waals surface area contributed by atoms with E-state index in [4.69, 9.17) is 4.74 Å². The van der Waals surface area contributed by atoms with Crippen molar-refractivity contribution >= 4 is 17.9 Å². The normalized spacial score (nSPS) is 16.8. The van der Waals surface area contributed by atoms with E-state index < -0.39 is 17.6 Å². The maximum atomic E-state index is 13.8. The van der Waals surface area contributed by atoms with Gasteiger partial charge in [-0.25, -0.2) is 4.79 Å². The van der Waals surface area contributed by atoms with Crippen molar-refractivity contribution in [1.29, 1.82) is 0 Å². The van der Waals surface area contributed by atoms with Crippen LogP contribution in [-0.4, -0.2) is 73.0 Å². The summed E-state index contributed by atoms with van der Waals surface area (Å²) in [5.41, 5.74) is 1.59. The fraction of sp³-hybridized carbons (Fsp3) is 0.516. The Hall–Kier alpha value is -3.39. The first-order chi connectivity index (χ1) is 18.6. The van der Waals surface area contributed by atoms with Crippen LogP contribution in [0.2, 0.25) is 0 Å². The van der Waals surface area contributed by atoms with Crippen LogP contribution >= 0.6 is 0 Å². The molecule has 3 amide bonds. The summed E-state index contributed by atoms with van der Waals surface area (Å²) in [6.07, 6.45) is 1.24. The van der Waals surface area contributed by atoms with Gasteiger partial charge in [0.2, 0.25) is 11.8 Å². The predicted octanol–water partition coefficient (Wildman–Crippen LogP) is 4.17.